The van der Waals surface area contributed by atoms with Crippen molar-refractivity contribution in [3.05, 3.63) is 51.2 Å². The molecule has 0 bridgehead atoms. The minimum Gasteiger partial charge on any atom is -0.207 e. The maximum absolute atomic E-state index is 13.0. The van der Waals surface area contributed by atoms with Crippen molar-refractivity contribution in [2.45, 2.75) is 24.0 Å². The van der Waals surface area contributed by atoms with Crippen molar-refractivity contribution in [2.75, 3.05) is 0 Å². The van der Waals surface area contributed by atoms with Crippen molar-refractivity contribution in [1.29, 1.82) is 0 Å². The predicted octanol–water partition coefficient (Wildman–Crippen LogP) is 4.46. The number of rotatable bonds is 4. The van der Waals surface area contributed by atoms with Gasteiger partial charge in [-0.15, -0.1) is 11.3 Å². The lowest BCUT2D eigenvalue weighted by Gasteiger charge is -2.17. The lowest BCUT2D eigenvalue weighted by molar-refractivity contribution is -0.139. The third-order valence-electron chi connectivity index (χ3n) is 2.84. The van der Waals surface area contributed by atoms with E-state index in [1.807, 2.05) is 0 Å². The van der Waals surface area contributed by atoms with Crippen LogP contribution in [-0.4, -0.2) is 8.42 Å². The smallest absolute Gasteiger partial charge is 0.207 e. The van der Waals surface area contributed by atoms with Gasteiger partial charge in [0.2, 0.25) is 10.0 Å². The van der Waals surface area contributed by atoms with Crippen LogP contribution in [0.1, 0.15) is 23.4 Å². The Bertz CT molecular complexity index is 758. The Hall–Kier alpha value is -1.09. The average Bonchev–Trinajstić information content (AvgIpc) is 2.90. The first-order chi connectivity index (χ1) is 10.1. The molecule has 0 radical (unpaired) electrons. The third kappa shape index (κ3) is 3.81. The van der Waals surface area contributed by atoms with Gasteiger partial charge in [-0.1, -0.05) is 17.7 Å². The Morgan fingerprint density at radius 1 is 1.27 bits per heavy atom. The van der Waals surface area contributed by atoms with Crippen molar-refractivity contribution in [3.63, 3.8) is 0 Å². The summed E-state index contributed by atoms with van der Waals surface area (Å²) in [5.74, 6) is 0. The summed E-state index contributed by atoms with van der Waals surface area (Å²) in [5, 5.41) is 1.57. The van der Waals surface area contributed by atoms with E-state index in [9.17, 15) is 21.6 Å². The predicted molar refractivity (Wildman–Crippen MR) is 79.5 cm³/mol. The zero-order valence-electron chi connectivity index (χ0n) is 11.2. The highest BCUT2D eigenvalue weighted by molar-refractivity contribution is 7.89. The Morgan fingerprint density at radius 2 is 1.95 bits per heavy atom. The van der Waals surface area contributed by atoms with E-state index in [0.717, 1.165) is 12.1 Å². The first-order valence-corrected chi connectivity index (χ1v) is 8.78. The summed E-state index contributed by atoms with van der Waals surface area (Å²) in [6.07, 6.45) is -4.82. The molecule has 0 aliphatic rings. The standard InChI is InChI=1S/C13H11ClF3NO2S2/c1-8(11-3-2-6-21-11)18-22(19,20)12-5-4-9(14)7-10(12)13(15,16)17/h2-8,18H,1H3. The number of nitrogens with one attached hydrogen (secondary N) is 1. The molecular weight excluding hydrogens is 359 g/mol. The van der Waals surface area contributed by atoms with Crippen LogP contribution in [-0.2, 0) is 16.2 Å². The first-order valence-electron chi connectivity index (χ1n) is 6.04. The second-order valence-electron chi connectivity index (χ2n) is 4.50. The Balaban J connectivity index is 2.42. The highest BCUT2D eigenvalue weighted by atomic mass is 35.5. The van der Waals surface area contributed by atoms with Gasteiger partial charge in [0.15, 0.2) is 0 Å². The van der Waals surface area contributed by atoms with Crippen LogP contribution in [0.5, 0.6) is 0 Å². The molecule has 3 nitrogen and oxygen atoms in total. The van der Waals surface area contributed by atoms with Crippen LogP contribution in [0, 0.1) is 0 Å². The van der Waals surface area contributed by atoms with E-state index in [0.29, 0.717) is 10.9 Å². The van der Waals surface area contributed by atoms with Crippen molar-refractivity contribution < 1.29 is 21.6 Å². The molecule has 2 rings (SSSR count). The fraction of sp³-hybridized carbons (Fsp3) is 0.231. The number of alkyl halides is 3. The maximum atomic E-state index is 13.0. The number of thiophene rings is 1. The van der Waals surface area contributed by atoms with Gasteiger partial charge in [-0.2, -0.15) is 13.2 Å². The van der Waals surface area contributed by atoms with Crippen molar-refractivity contribution in [3.8, 4) is 0 Å². The minimum absolute atomic E-state index is 0.183. The van der Waals surface area contributed by atoms with E-state index in [2.05, 4.69) is 4.72 Å². The molecule has 0 fully saturated rings. The second kappa shape index (κ2) is 6.19. The van der Waals surface area contributed by atoms with Gasteiger partial charge in [0.25, 0.3) is 0 Å². The van der Waals surface area contributed by atoms with Gasteiger partial charge in [0.05, 0.1) is 16.5 Å². The minimum atomic E-state index is -4.82. The molecule has 22 heavy (non-hydrogen) atoms. The molecular formula is C13H11ClF3NO2S2. The number of sulfonamides is 1. The van der Waals surface area contributed by atoms with Crippen LogP contribution in [0.4, 0.5) is 13.2 Å². The third-order valence-corrected chi connectivity index (χ3v) is 5.73. The monoisotopic (exact) mass is 369 g/mol. The molecule has 0 spiro atoms. The van der Waals surface area contributed by atoms with Crippen LogP contribution in [0.3, 0.4) is 0 Å². The van der Waals surface area contributed by atoms with Gasteiger partial charge in [-0.3, -0.25) is 0 Å². The van der Waals surface area contributed by atoms with Gasteiger partial charge in [-0.25, -0.2) is 13.1 Å². The van der Waals surface area contributed by atoms with Gasteiger partial charge >= 0.3 is 6.18 Å². The van der Waals surface area contributed by atoms with Crippen LogP contribution in [0.15, 0.2) is 40.6 Å². The van der Waals surface area contributed by atoms with Crippen LogP contribution in [0.2, 0.25) is 5.02 Å². The molecule has 0 aliphatic carbocycles. The van der Waals surface area contributed by atoms with E-state index in [4.69, 9.17) is 11.6 Å². The summed E-state index contributed by atoms with van der Waals surface area (Å²) in [7, 11) is -4.34. The molecule has 1 unspecified atom stereocenters. The van der Waals surface area contributed by atoms with E-state index < -0.39 is 32.7 Å². The van der Waals surface area contributed by atoms with E-state index in [1.165, 1.54) is 11.3 Å². The van der Waals surface area contributed by atoms with Crippen molar-refractivity contribution in [1.82, 2.24) is 4.72 Å². The normalized spacial score (nSPS) is 14.0. The second-order valence-corrected chi connectivity index (χ2v) is 7.59. The molecule has 0 saturated carbocycles. The summed E-state index contributed by atoms with van der Waals surface area (Å²) in [6, 6.07) is 5.36. The van der Waals surface area contributed by atoms with E-state index in [-0.39, 0.29) is 5.02 Å². The quantitative estimate of drug-likeness (QED) is 0.864. The SMILES string of the molecule is CC(NS(=O)(=O)c1ccc(Cl)cc1C(F)(F)F)c1cccs1. The molecule has 9 heteroatoms. The van der Waals surface area contributed by atoms with E-state index in [1.54, 1.807) is 24.4 Å². The zero-order valence-corrected chi connectivity index (χ0v) is 13.6. The van der Waals surface area contributed by atoms with Gasteiger partial charge in [0.1, 0.15) is 0 Å². The number of hydrogen-bond donors (Lipinski definition) is 1. The van der Waals surface area contributed by atoms with Crippen LogP contribution >= 0.6 is 22.9 Å². The number of hydrogen-bond acceptors (Lipinski definition) is 3. The van der Waals surface area contributed by atoms with Crippen molar-refractivity contribution in [2.24, 2.45) is 0 Å². The van der Waals surface area contributed by atoms with Crippen LogP contribution in [0.25, 0.3) is 0 Å². The average molecular weight is 370 g/mol. The molecule has 0 aliphatic heterocycles. The largest absolute Gasteiger partial charge is 0.417 e. The summed E-state index contributed by atoms with van der Waals surface area (Å²) in [5.41, 5.74) is -1.29. The van der Waals surface area contributed by atoms with Gasteiger partial charge in [0, 0.05) is 9.90 Å². The molecule has 120 valence electrons. The number of halogens is 4. The van der Waals surface area contributed by atoms with Gasteiger partial charge in [-0.05, 0) is 36.6 Å². The summed E-state index contributed by atoms with van der Waals surface area (Å²) in [4.78, 5) is -0.140. The molecule has 1 heterocycles. The molecule has 0 saturated heterocycles. The molecule has 1 atom stereocenters. The Morgan fingerprint density at radius 3 is 2.50 bits per heavy atom. The van der Waals surface area contributed by atoms with Crippen LogP contribution < -0.4 is 4.72 Å². The molecule has 0 amide bonds. The number of benzene rings is 1. The highest BCUT2D eigenvalue weighted by Gasteiger charge is 2.37. The summed E-state index contributed by atoms with van der Waals surface area (Å²) in [6.45, 7) is 1.56. The van der Waals surface area contributed by atoms with Crippen molar-refractivity contribution >= 4 is 33.0 Å². The van der Waals surface area contributed by atoms with Gasteiger partial charge < -0.3 is 0 Å². The summed E-state index contributed by atoms with van der Waals surface area (Å²) < 4.78 is 65.8. The fourth-order valence-electron chi connectivity index (χ4n) is 1.85. The summed E-state index contributed by atoms with van der Waals surface area (Å²) >= 11 is 6.86. The zero-order chi connectivity index (χ0) is 16.5. The molecule has 1 N–H and O–H groups in total. The van der Waals surface area contributed by atoms with E-state index >= 15 is 0 Å². The highest BCUT2D eigenvalue weighted by Crippen LogP contribution is 2.36. The molecule has 2 aromatic rings. The lowest BCUT2D eigenvalue weighted by atomic mass is 10.2. The maximum Gasteiger partial charge on any atom is 0.417 e. The first kappa shape index (κ1) is 17.3. The Labute approximate surface area is 134 Å². The lowest BCUT2D eigenvalue weighted by Crippen LogP contribution is -2.28. The topological polar surface area (TPSA) is 46.2 Å². The fourth-order valence-corrected chi connectivity index (χ4v) is 4.26. The molecule has 1 aromatic carbocycles. The molecule has 1 aromatic heterocycles. The Kier molecular flexibility index (Phi) is 4.86.